The molecule has 162 valence electrons. The first-order valence-corrected chi connectivity index (χ1v) is 11.4. The lowest BCUT2D eigenvalue weighted by Gasteiger charge is -2.12. The standard InChI is InChI=1S/C23H23BrN2O4S/c1-5-26-21(27)20(12-15-9-10-19(18(24)11-15)30-14(2)3)31-23(26)25-17-8-6-7-16(13-17)22(28)29-4/h6-14H,5H2,1-4H3. The number of esters is 1. The SMILES string of the molecule is CCN1C(=O)C(=Cc2ccc(OC(C)C)c(Br)c2)SC1=Nc1cccc(C(=O)OC)c1. The van der Waals surface area contributed by atoms with Crippen LogP contribution in [0.5, 0.6) is 5.75 Å². The molecule has 2 aromatic rings. The maximum absolute atomic E-state index is 12.9. The number of halogens is 1. The first kappa shape index (κ1) is 23.1. The Morgan fingerprint density at radius 1 is 1.26 bits per heavy atom. The summed E-state index contributed by atoms with van der Waals surface area (Å²) in [6.07, 6.45) is 1.91. The van der Waals surface area contributed by atoms with Crippen LogP contribution in [-0.2, 0) is 9.53 Å². The smallest absolute Gasteiger partial charge is 0.337 e. The van der Waals surface area contributed by atoms with Crippen molar-refractivity contribution in [2.24, 2.45) is 4.99 Å². The Hall–Kier alpha value is -2.58. The van der Waals surface area contributed by atoms with E-state index in [9.17, 15) is 9.59 Å². The van der Waals surface area contributed by atoms with Gasteiger partial charge >= 0.3 is 5.97 Å². The van der Waals surface area contributed by atoms with Gasteiger partial charge in [0.25, 0.3) is 5.91 Å². The van der Waals surface area contributed by atoms with E-state index < -0.39 is 5.97 Å². The van der Waals surface area contributed by atoms with Crippen molar-refractivity contribution in [2.75, 3.05) is 13.7 Å². The van der Waals surface area contributed by atoms with Crippen molar-refractivity contribution >= 4 is 56.5 Å². The molecule has 0 aliphatic carbocycles. The molecule has 1 saturated heterocycles. The molecule has 0 N–H and O–H groups in total. The summed E-state index contributed by atoms with van der Waals surface area (Å²) in [5, 5.41) is 0.569. The number of methoxy groups -OCH3 is 1. The van der Waals surface area contributed by atoms with Gasteiger partial charge in [-0.15, -0.1) is 0 Å². The summed E-state index contributed by atoms with van der Waals surface area (Å²) in [6.45, 7) is 6.33. The number of likely N-dealkylation sites (N-methyl/N-ethyl adjacent to an activating group) is 1. The van der Waals surface area contributed by atoms with Crippen LogP contribution in [0.3, 0.4) is 0 Å². The molecule has 1 heterocycles. The van der Waals surface area contributed by atoms with E-state index in [-0.39, 0.29) is 12.0 Å². The molecule has 1 aliphatic heterocycles. The zero-order valence-electron chi connectivity index (χ0n) is 17.7. The second-order valence-corrected chi connectivity index (χ2v) is 8.82. The molecule has 0 saturated carbocycles. The number of ether oxygens (including phenoxy) is 2. The van der Waals surface area contributed by atoms with Crippen LogP contribution < -0.4 is 4.74 Å². The molecule has 31 heavy (non-hydrogen) atoms. The highest BCUT2D eigenvalue weighted by atomic mass is 79.9. The Morgan fingerprint density at radius 2 is 2.03 bits per heavy atom. The number of amides is 1. The maximum Gasteiger partial charge on any atom is 0.337 e. The summed E-state index contributed by atoms with van der Waals surface area (Å²) in [5.74, 6) is 0.222. The molecule has 0 atom stereocenters. The minimum absolute atomic E-state index is 0.0713. The van der Waals surface area contributed by atoms with Gasteiger partial charge in [0.2, 0.25) is 0 Å². The zero-order valence-corrected chi connectivity index (χ0v) is 20.1. The lowest BCUT2D eigenvalue weighted by atomic mass is 10.2. The largest absolute Gasteiger partial charge is 0.490 e. The van der Waals surface area contributed by atoms with E-state index in [4.69, 9.17) is 9.47 Å². The fraction of sp³-hybridized carbons (Fsp3) is 0.261. The van der Waals surface area contributed by atoms with Gasteiger partial charge < -0.3 is 9.47 Å². The third-order valence-corrected chi connectivity index (χ3v) is 5.94. The quantitative estimate of drug-likeness (QED) is 0.377. The van der Waals surface area contributed by atoms with Gasteiger partial charge in [0.1, 0.15) is 5.75 Å². The molecule has 8 heteroatoms. The van der Waals surface area contributed by atoms with E-state index in [0.29, 0.717) is 27.9 Å². The van der Waals surface area contributed by atoms with Gasteiger partial charge in [0, 0.05) is 6.54 Å². The summed E-state index contributed by atoms with van der Waals surface area (Å²) >= 11 is 4.83. The monoisotopic (exact) mass is 502 g/mol. The lowest BCUT2D eigenvalue weighted by molar-refractivity contribution is -0.122. The molecular formula is C23H23BrN2O4S. The van der Waals surface area contributed by atoms with E-state index in [2.05, 4.69) is 20.9 Å². The van der Waals surface area contributed by atoms with Crippen molar-refractivity contribution in [3.05, 3.63) is 63.0 Å². The fourth-order valence-corrected chi connectivity index (χ4v) is 4.46. The molecular weight excluding hydrogens is 480 g/mol. The predicted octanol–water partition coefficient (Wildman–Crippen LogP) is 5.65. The van der Waals surface area contributed by atoms with Gasteiger partial charge in [0.05, 0.1) is 33.8 Å². The van der Waals surface area contributed by atoms with Crippen molar-refractivity contribution in [1.82, 2.24) is 4.90 Å². The number of carbonyl (C=O) groups is 2. The highest BCUT2D eigenvalue weighted by molar-refractivity contribution is 9.10. The van der Waals surface area contributed by atoms with Crippen LogP contribution in [0.1, 0.15) is 36.7 Å². The van der Waals surface area contributed by atoms with E-state index >= 15 is 0 Å². The van der Waals surface area contributed by atoms with Crippen LogP contribution in [0.25, 0.3) is 6.08 Å². The van der Waals surface area contributed by atoms with Crippen LogP contribution in [0.2, 0.25) is 0 Å². The molecule has 1 fully saturated rings. The molecule has 0 aromatic heterocycles. The summed E-state index contributed by atoms with van der Waals surface area (Å²) in [4.78, 5) is 31.5. The number of aliphatic imine (C=N–C) groups is 1. The molecule has 3 rings (SSSR count). The molecule has 0 bridgehead atoms. The van der Waals surface area contributed by atoms with Gasteiger partial charge in [-0.25, -0.2) is 9.79 Å². The summed E-state index contributed by atoms with van der Waals surface area (Å²) in [6, 6.07) is 12.5. The minimum atomic E-state index is -0.430. The second kappa shape index (κ2) is 10.2. The maximum atomic E-state index is 12.9. The summed E-state index contributed by atoms with van der Waals surface area (Å²) in [5.41, 5.74) is 1.87. The Bertz CT molecular complexity index is 1070. The van der Waals surface area contributed by atoms with Crippen LogP contribution in [0, 0.1) is 0 Å². The topological polar surface area (TPSA) is 68.2 Å². The lowest BCUT2D eigenvalue weighted by Crippen LogP contribution is -2.28. The first-order valence-electron chi connectivity index (χ1n) is 9.77. The average Bonchev–Trinajstić information content (AvgIpc) is 3.03. The molecule has 0 radical (unpaired) electrons. The first-order chi connectivity index (χ1) is 14.8. The van der Waals surface area contributed by atoms with Crippen molar-refractivity contribution in [1.29, 1.82) is 0 Å². The van der Waals surface area contributed by atoms with Gasteiger partial charge in [-0.1, -0.05) is 12.1 Å². The Balaban J connectivity index is 1.89. The zero-order chi connectivity index (χ0) is 22.5. The van der Waals surface area contributed by atoms with Crippen molar-refractivity contribution in [3.8, 4) is 5.75 Å². The Kier molecular flexibility index (Phi) is 7.56. The van der Waals surface area contributed by atoms with Crippen LogP contribution in [-0.4, -0.2) is 41.7 Å². The summed E-state index contributed by atoms with van der Waals surface area (Å²) < 4.78 is 11.3. The highest BCUT2D eigenvalue weighted by Crippen LogP contribution is 2.35. The summed E-state index contributed by atoms with van der Waals surface area (Å²) in [7, 11) is 1.34. The second-order valence-electron chi connectivity index (χ2n) is 6.95. The molecule has 0 unspecified atom stereocenters. The van der Waals surface area contributed by atoms with Crippen LogP contribution in [0.4, 0.5) is 5.69 Å². The predicted molar refractivity (Wildman–Crippen MR) is 128 cm³/mol. The minimum Gasteiger partial charge on any atom is -0.490 e. The normalized spacial score (nSPS) is 16.5. The van der Waals surface area contributed by atoms with E-state index in [0.717, 1.165) is 15.8 Å². The molecule has 1 amide bonds. The molecule has 0 spiro atoms. The van der Waals surface area contributed by atoms with E-state index in [1.165, 1.54) is 18.9 Å². The van der Waals surface area contributed by atoms with E-state index in [1.54, 1.807) is 29.2 Å². The third-order valence-electron chi connectivity index (χ3n) is 4.31. The fourth-order valence-electron chi connectivity index (χ4n) is 2.91. The van der Waals surface area contributed by atoms with Gasteiger partial charge in [-0.05, 0) is 90.4 Å². The molecule has 1 aliphatic rings. The van der Waals surface area contributed by atoms with Crippen LogP contribution in [0.15, 0.2) is 56.8 Å². The molecule has 2 aromatic carbocycles. The number of carbonyl (C=O) groups excluding carboxylic acids is 2. The highest BCUT2D eigenvalue weighted by Gasteiger charge is 2.32. The van der Waals surface area contributed by atoms with E-state index in [1.807, 2.05) is 45.0 Å². The number of thioether (sulfide) groups is 1. The van der Waals surface area contributed by atoms with Crippen molar-refractivity contribution in [2.45, 2.75) is 26.9 Å². The average molecular weight is 503 g/mol. The Morgan fingerprint density at radius 3 is 2.68 bits per heavy atom. The number of amidine groups is 1. The number of hydrogen-bond acceptors (Lipinski definition) is 6. The number of rotatable bonds is 6. The molecule has 6 nitrogen and oxygen atoms in total. The van der Waals surface area contributed by atoms with Gasteiger partial charge in [-0.2, -0.15) is 0 Å². The van der Waals surface area contributed by atoms with Crippen molar-refractivity contribution in [3.63, 3.8) is 0 Å². The van der Waals surface area contributed by atoms with Crippen molar-refractivity contribution < 1.29 is 19.1 Å². The van der Waals surface area contributed by atoms with Gasteiger partial charge in [-0.3, -0.25) is 9.69 Å². The van der Waals surface area contributed by atoms with Crippen LogP contribution >= 0.6 is 27.7 Å². The van der Waals surface area contributed by atoms with Gasteiger partial charge in [0.15, 0.2) is 5.17 Å². The number of nitrogens with zero attached hydrogens (tertiary/aromatic N) is 2. The number of benzene rings is 2. The third kappa shape index (κ3) is 5.57. The Labute approximate surface area is 194 Å². The number of hydrogen-bond donors (Lipinski definition) is 0.